The lowest BCUT2D eigenvalue weighted by atomic mass is 9.92. The molecule has 1 saturated carbocycles. The molecule has 0 atom stereocenters. The molecular weight excluding hydrogens is 258 g/mol. The molecule has 0 saturated heterocycles. The Labute approximate surface area is 130 Å². The summed E-state index contributed by atoms with van der Waals surface area (Å²) in [5, 5.41) is 3.63. The van der Waals surface area contributed by atoms with E-state index in [0.29, 0.717) is 12.1 Å². The molecule has 0 amide bonds. The summed E-state index contributed by atoms with van der Waals surface area (Å²) in [6.07, 6.45) is 6.59. The smallest absolute Gasteiger partial charge is 0.0725 e. The number of benzene rings is 1. The molecule has 2 rings (SSSR count). The van der Waals surface area contributed by atoms with Gasteiger partial charge in [-0.15, -0.1) is 0 Å². The van der Waals surface area contributed by atoms with Gasteiger partial charge in [-0.25, -0.2) is 0 Å². The van der Waals surface area contributed by atoms with E-state index >= 15 is 0 Å². The van der Waals surface area contributed by atoms with Crippen LogP contribution < -0.4 is 5.32 Å². The van der Waals surface area contributed by atoms with E-state index < -0.39 is 0 Å². The van der Waals surface area contributed by atoms with Crippen molar-refractivity contribution in [3.05, 3.63) is 34.4 Å². The first-order valence-electron chi connectivity index (χ1n) is 8.51. The van der Waals surface area contributed by atoms with Crippen LogP contribution in [0.5, 0.6) is 0 Å². The van der Waals surface area contributed by atoms with E-state index in [1.165, 1.54) is 54.4 Å². The summed E-state index contributed by atoms with van der Waals surface area (Å²) in [4.78, 5) is 0. The van der Waals surface area contributed by atoms with Gasteiger partial charge in [0.2, 0.25) is 0 Å². The Morgan fingerprint density at radius 3 is 2.24 bits per heavy atom. The fourth-order valence-corrected chi connectivity index (χ4v) is 3.42. The van der Waals surface area contributed by atoms with Crippen molar-refractivity contribution in [1.82, 2.24) is 5.32 Å². The minimum Gasteiger partial charge on any atom is -0.374 e. The standard InChI is InChI=1S/C19H31NO/c1-5-10-20-17-6-8-18(9-7-17)21-13-19-15(3)11-14(2)12-16(19)4/h11-12,17-18,20H,5-10,13H2,1-4H3. The van der Waals surface area contributed by atoms with Crippen LogP contribution in [0.25, 0.3) is 0 Å². The molecule has 118 valence electrons. The summed E-state index contributed by atoms with van der Waals surface area (Å²) in [6.45, 7) is 10.7. The van der Waals surface area contributed by atoms with E-state index in [0.717, 1.165) is 13.2 Å². The van der Waals surface area contributed by atoms with Gasteiger partial charge in [0.15, 0.2) is 0 Å². The van der Waals surface area contributed by atoms with Crippen molar-refractivity contribution < 1.29 is 4.74 Å². The Kier molecular flexibility index (Phi) is 6.25. The van der Waals surface area contributed by atoms with E-state index in [-0.39, 0.29) is 0 Å². The molecule has 1 aromatic carbocycles. The van der Waals surface area contributed by atoms with Gasteiger partial charge in [-0.3, -0.25) is 0 Å². The third-order valence-electron chi connectivity index (χ3n) is 4.66. The van der Waals surface area contributed by atoms with Crippen LogP contribution >= 0.6 is 0 Å². The average molecular weight is 289 g/mol. The molecule has 2 heteroatoms. The van der Waals surface area contributed by atoms with Crippen LogP contribution in [-0.4, -0.2) is 18.7 Å². The summed E-state index contributed by atoms with van der Waals surface area (Å²) in [7, 11) is 0. The predicted molar refractivity (Wildman–Crippen MR) is 89.8 cm³/mol. The molecule has 0 unspecified atom stereocenters. The highest BCUT2D eigenvalue weighted by molar-refractivity contribution is 5.36. The largest absolute Gasteiger partial charge is 0.374 e. The average Bonchev–Trinajstić information content (AvgIpc) is 2.45. The van der Waals surface area contributed by atoms with Crippen LogP contribution in [-0.2, 0) is 11.3 Å². The molecular formula is C19H31NO. The van der Waals surface area contributed by atoms with Crippen LogP contribution in [0, 0.1) is 20.8 Å². The van der Waals surface area contributed by atoms with E-state index in [1.807, 2.05) is 0 Å². The minimum atomic E-state index is 0.449. The molecule has 1 aromatic rings. The number of ether oxygens (including phenoxy) is 1. The monoisotopic (exact) mass is 289 g/mol. The zero-order chi connectivity index (χ0) is 15.2. The lowest BCUT2D eigenvalue weighted by Gasteiger charge is -2.29. The van der Waals surface area contributed by atoms with Crippen molar-refractivity contribution in [3.8, 4) is 0 Å². The van der Waals surface area contributed by atoms with Gasteiger partial charge in [-0.05, 0) is 76.1 Å². The number of hydrogen-bond donors (Lipinski definition) is 1. The Hall–Kier alpha value is -0.860. The van der Waals surface area contributed by atoms with Gasteiger partial charge in [-0.1, -0.05) is 24.6 Å². The number of rotatable bonds is 6. The maximum atomic E-state index is 6.20. The molecule has 0 aliphatic heterocycles. The van der Waals surface area contributed by atoms with Crippen LogP contribution in [0.15, 0.2) is 12.1 Å². The summed E-state index contributed by atoms with van der Waals surface area (Å²) < 4.78 is 6.20. The topological polar surface area (TPSA) is 21.3 Å². The highest BCUT2D eigenvalue weighted by Crippen LogP contribution is 2.24. The Morgan fingerprint density at radius 2 is 1.67 bits per heavy atom. The third-order valence-corrected chi connectivity index (χ3v) is 4.66. The molecule has 1 N–H and O–H groups in total. The van der Waals surface area contributed by atoms with Crippen LogP contribution in [0.1, 0.15) is 61.3 Å². The second-order valence-electron chi connectivity index (χ2n) is 6.62. The van der Waals surface area contributed by atoms with Gasteiger partial charge in [0, 0.05) is 6.04 Å². The molecule has 1 fully saturated rings. The summed E-state index contributed by atoms with van der Waals surface area (Å²) in [5.41, 5.74) is 5.46. The summed E-state index contributed by atoms with van der Waals surface area (Å²) >= 11 is 0. The second kappa shape index (κ2) is 7.95. The first kappa shape index (κ1) is 16.5. The van der Waals surface area contributed by atoms with Crippen molar-refractivity contribution in [2.24, 2.45) is 0 Å². The van der Waals surface area contributed by atoms with Crippen LogP contribution in [0.2, 0.25) is 0 Å². The zero-order valence-corrected chi connectivity index (χ0v) is 14.2. The van der Waals surface area contributed by atoms with E-state index in [9.17, 15) is 0 Å². The van der Waals surface area contributed by atoms with Crippen molar-refractivity contribution >= 4 is 0 Å². The van der Waals surface area contributed by atoms with E-state index in [4.69, 9.17) is 4.74 Å². The molecule has 0 radical (unpaired) electrons. The van der Waals surface area contributed by atoms with Crippen molar-refractivity contribution in [1.29, 1.82) is 0 Å². The highest BCUT2D eigenvalue weighted by Gasteiger charge is 2.21. The Morgan fingerprint density at radius 1 is 1.05 bits per heavy atom. The molecule has 1 aliphatic rings. The fourth-order valence-electron chi connectivity index (χ4n) is 3.42. The van der Waals surface area contributed by atoms with Gasteiger partial charge in [-0.2, -0.15) is 0 Å². The molecule has 21 heavy (non-hydrogen) atoms. The van der Waals surface area contributed by atoms with Crippen LogP contribution in [0.3, 0.4) is 0 Å². The molecule has 1 aliphatic carbocycles. The predicted octanol–water partition coefficient (Wildman–Crippen LogP) is 4.44. The highest BCUT2D eigenvalue weighted by atomic mass is 16.5. The van der Waals surface area contributed by atoms with Crippen molar-refractivity contribution in [2.45, 2.75) is 78.6 Å². The first-order chi connectivity index (χ1) is 10.1. The number of hydrogen-bond acceptors (Lipinski definition) is 2. The number of aryl methyl sites for hydroxylation is 3. The minimum absolute atomic E-state index is 0.449. The lowest BCUT2D eigenvalue weighted by molar-refractivity contribution is 0.0109. The van der Waals surface area contributed by atoms with E-state index in [1.54, 1.807) is 0 Å². The molecule has 0 bridgehead atoms. The zero-order valence-electron chi connectivity index (χ0n) is 14.2. The fraction of sp³-hybridized carbons (Fsp3) is 0.684. The molecule has 0 spiro atoms. The normalized spacial score (nSPS) is 22.5. The Bertz CT molecular complexity index is 424. The Balaban J connectivity index is 1.80. The van der Waals surface area contributed by atoms with Crippen molar-refractivity contribution in [3.63, 3.8) is 0 Å². The summed E-state index contributed by atoms with van der Waals surface area (Å²) in [6, 6.07) is 5.24. The van der Waals surface area contributed by atoms with Gasteiger partial charge in [0.05, 0.1) is 12.7 Å². The maximum Gasteiger partial charge on any atom is 0.0725 e. The van der Waals surface area contributed by atoms with Crippen LogP contribution in [0.4, 0.5) is 0 Å². The van der Waals surface area contributed by atoms with Crippen molar-refractivity contribution in [2.75, 3.05) is 6.54 Å². The van der Waals surface area contributed by atoms with Gasteiger partial charge in [0.1, 0.15) is 0 Å². The maximum absolute atomic E-state index is 6.20. The van der Waals surface area contributed by atoms with Gasteiger partial charge < -0.3 is 10.1 Å². The first-order valence-corrected chi connectivity index (χ1v) is 8.51. The van der Waals surface area contributed by atoms with E-state index in [2.05, 4.69) is 45.1 Å². The summed E-state index contributed by atoms with van der Waals surface area (Å²) in [5.74, 6) is 0. The molecule has 0 heterocycles. The SMILES string of the molecule is CCCNC1CCC(OCc2c(C)cc(C)cc2C)CC1. The van der Waals surface area contributed by atoms with Gasteiger partial charge in [0.25, 0.3) is 0 Å². The second-order valence-corrected chi connectivity index (χ2v) is 6.62. The molecule has 0 aromatic heterocycles. The quantitative estimate of drug-likeness (QED) is 0.836. The molecule has 2 nitrogen and oxygen atoms in total. The number of nitrogens with one attached hydrogen (secondary N) is 1. The lowest BCUT2D eigenvalue weighted by Crippen LogP contribution is -2.35. The third kappa shape index (κ3) is 4.82. The van der Waals surface area contributed by atoms with Gasteiger partial charge >= 0.3 is 0 Å².